The van der Waals surface area contributed by atoms with E-state index < -0.39 is 11.8 Å². The standard InChI is InChI=1S/C27H34BrFO3/c1-9-32-25-18(17(3)21(29)11-10-16(2)14-22(30)31)15-19-20(26(4,5)6)12-13-27(7,8)23(19)24(25)28/h10-12,14-15H,9,13H2,1-8H3,(H,30,31)/b11-10+,16-14+,21-17+. The molecule has 1 aliphatic carbocycles. The van der Waals surface area contributed by atoms with Crippen LogP contribution in [0.1, 0.15) is 78.5 Å². The van der Waals surface area contributed by atoms with Crippen LogP contribution >= 0.6 is 15.9 Å². The Kier molecular flexibility index (Phi) is 7.98. The molecule has 0 atom stereocenters. The van der Waals surface area contributed by atoms with Crippen LogP contribution in [0.25, 0.3) is 11.1 Å². The number of carbonyl (C=O) groups is 1. The summed E-state index contributed by atoms with van der Waals surface area (Å²) in [6, 6.07) is 2.05. The quantitative estimate of drug-likeness (QED) is 0.313. The van der Waals surface area contributed by atoms with E-state index in [0.29, 0.717) is 29.1 Å². The number of halogens is 2. The molecular weight excluding hydrogens is 471 g/mol. The highest BCUT2D eigenvalue weighted by molar-refractivity contribution is 9.10. The van der Waals surface area contributed by atoms with Crippen molar-refractivity contribution in [3.63, 3.8) is 0 Å². The highest BCUT2D eigenvalue weighted by Gasteiger charge is 2.36. The molecule has 2 rings (SSSR count). The van der Waals surface area contributed by atoms with E-state index in [1.165, 1.54) is 23.3 Å². The maximum atomic E-state index is 15.2. The van der Waals surface area contributed by atoms with E-state index in [1.807, 2.05) is 13.0 Å². The fourth-order valence-corrected chi connectivity index (χ4v) is 5.13. The lowest BCUT2D eigenvalue weighted by Gasteiger charge is -2.38. The number of fused-ring (bicyclic) bond motifs is 1. The number of rotatable bonds is 6. The minimum atomic E-state index is -1.06. The molecule has 1 N–H and O–H groups in total. The molecule has 0 saturated heterocycles. The summed E-state index contributed by atoms with van der Waals surface area (Å²) >= 11 is 3.81. The zero-order valence-electron chi connectivity index (χ0n) is 20.3. The van der Waals surface area contributed by atoms with Crippen LogP contribution in [-0.4, -0.2) is 17.7 Å². The monoisotopic (exact) mass is 504 g/mol. The Balaban J connectivity index is 2.79. The van der Waals surface area contributed by atoms with Crippen molar-refractivity contribution in [2.24, 2.45) is 5.41 Å². The molecule has 3 nitrogen and oxygen atoms in total. The molecule has 1 aromatic carbocycles. The van der Waals surface area contributed by atoms with Crippen LogP contribution in [0.4, 0.5) is 4.39 Å². The third-order valence-electron chi connectivity index (χ3n) is 5.71. The number of hydrogen-bond acceptors (Lipinski definition) is 2. The van der Waals surface area contributed by atoms with Crippen molar-refractivity contribution in [1.82, 2.24) is 0 Å². The molecule has 0 radical (unpaired) electrons. The third kappa shape index (κ3) is 5.61. The molecule has 0 amide bonds. The van der Waals surface area contributed by atoms with E-state index >= 15 is 4.39 Å². The van der Waals surface area contributed by atoms with Crippen LogP contribution in [0.3, 0.4) is 0 Å². The van der Waals surface area contributed by atoms with Crippen molar-refractivity contribution in [1.29, 1.82) is 0 Å². The maximum Gasteiger partial charge on any atom is 0.328 e. The second-order valence-electron chi connectivity index (χ2n) is 9.91. The van der Waals surface area contributed by atoms with Gasteiger partial charge in [-0.3, -0.25) is 0 Å². The molecule has 0 fully saturated rings. The van der Waals surface area contributed by atoms with Gasteiger partial charge in [0.1, 0.15) is 11.6 Å². The molecule has 0 saturated carbocycles. The van der Waals surface area contributed by atoms with Gasteiger partial charge in [-0.15, -0.1) is 0 Å². The van der Waals surface area contributed by atoms with E-state index in [1.54, 1.807) is 13.8 Å². The molecule has 1 aromatic rings. The number of carboxylic acid groups (broad SMARTS) is 1. The van der Waals surface area contributed by atoms with E-state index in [4.69, 9.17) is 9.84 Å². The minimum Gasteiger partial charge on any atom is -0.492 e. The molecule has 32 heavy (non-hydrogen) atoms. The summed E-state index contributed by atoms with van der Waals surface area (Å²) in [6.45, 7) is 16.7. The van der Waals surface area contributed by atoms with Crippen LogP contribution in [0.2, 0.25) is 0 Å². The van der Waals surface area contributed by atoms with Gasteiger partial charge in [-0.1, -0.05) is 46.8 Å². The predicted octanol–water partition coefficient (Wildman–Crippen LogP) is 8.25. The summed E-state index contributed by atoms with van der Waals surface area (Å²) in [5, 5.41) is 8.86. The van der Waals surface area contributed by atoms with Gasteiger partial charge < -0.3 is 9.84 Å². The van der Waals surface area contributed by atoms with E-state index in [-0.39, 0.29) is 10.8 Å². The largest absolute Gasteiger partial charge is 0.492 e. The average Bonchev–Trinajstić information content (AvgIpc) is 2.65. The van der Waals surface area contributed by atoms with Crippen molar-refractivity contribution in [2.75, 3.05) is 6.61 Å². The fourth-order valence-electron chi connectivity index (χ4n) is 4.05. The summed E-state index contributed by atoms with van der Waals surface area (Å²) in [5.74, 6) is -0.866. The first-order valence-electron chi connectivity index (χ1n) is 10.9. The molecule has 174 valence electrons. The minimum absolute atomic E-state index is 0.0656. The van der Waals surface area contributed by atoms with Gasteiger partial charge in [-0.05, 0) is 93.9 Å². The molecule has 1 aliphatic rings. The Hall–Kier alpha value is -2.14. The number of benzene rings is 1. The molecule has 0 bridgehead atoms. The van der Waals surface area contributed by atoms with E-state index in [2.05, 4.69) is 56.6 Å². The van der Waals surface area contributed by atoms with Gasteiger partial charge in [0.15, 0.2) is 0 Å². The van der Waals surface area contributed by atoms with Gasteiger partial charge in [-0.25, -0.2) is 9.18 Å². The van der Waals surface area contributed by atoms with Crippen LogP contribution in [-0.2, 0) is 10.2 Å². The van der Waals surface area contributed by atoms with Gasteiger partial charge in [0.25, 0.3) is 0 Å². The van der Waals surface area contributed by atoms with E-state index in [0.717, 1.165) is 22.5 Å². The zero-order valence-corrected chi connectivity index (χ0v) is 21.9. The average molecular weight is 505 g/mol. The van der Waals surface area contributed by atoms with Gasteiger partial charge in [0.2, 0.25) is 0 Å². The first-order chi connectivity index (χ1) is 14.7. The van der Waals surface area contributed by atoms with Crippen molar-refractivity contribution in [3.8, 4) is 5.75 Å². The summed E-state index contributed by atoms with van der Waals surface area (Å²) in [4.78, 5) is 10.8. The SMILES string of the molecule is CCOc1c(\C(C)=C(F)/C=C/C(C)=C/C(=O)O)cc2c(c1Br)C(C)(C)CC=C2C(C)(C)C. The van der Waals surface area contributed by atoms with E-state index in [9.17, 15) is 4.79 Å². The normalized spacial score (nSPS) is 17.1. The lowest BCUT2D eigenvalue weighted by molar-refractivity contribution is -0.131. The fraction of sp³-hybridized carbons (Fsp3) is 0.444. The second kappa shape index (κ2) is 9.78. The third-order valence-corrected chi connectivity index (χ3v) is 6.46. The van der Waals surface area contributed by atoms with Gasteiger partial charge in [0.05, 0.1) is 11.1 Å². The van der Waals surface area contributed by atoms with Crippen molar-refractivity contribution in [3.05, 3.63) is 62.9 Å². The first-order valence-corrected chi connectivity index (χ1v) is 11.7. The zero-order chi connectivity index (χ0) is 24.4. The summed E-state index contributed by atoms with van der Waals surface area (Å²) < 4.78 is 22.1. The van der Waals surface area contributed by atoms with Crippen molar-refractivity contribution < 1.29 is 19.0 Å². The molecule has 0 spiro atoms. The van der Waals surface area contributed by atoms with Gasteiger partial charge in [-0.2, -0.15) is 0 Å². The molecular formula is C27H34BrFO3. The predicted molar refractivity (Wildman–Crippen MR) is 135 cm³/mol. The summed E-state index contributed by atoms with van der Waals surface area (Å²) in [5.41, 5.74) is 4.95. The van der Waals surface area contributed by atoms with Crippen molar-refractivity contribution >= 4 is 33.0 Å². The van der Waals surface area contributed by atoms with Crippen LogP contribution in [0.15, 0.2) is 46.2 Å². The van der Waals surface area contributed by atoms with Crippen LogP contribution in [0, 0.1) is 5.41 Å². The Morgan fingerprint density at radius 1 is 1.28 bits per heavy atom. The molecule has 0 aromatic heterocycles. The number of hydrogen-bond donors (Lipinski definition) is 1. The number of allylic oxidation sites excluding steroid dienone is 7. The topological polar surface area (TPSA) is 46.5 Å². The Bertz CT molecular complexity index is 1030. The number of ether oxygens (including phenoxy) is 1. The lowest BCUT2D eigenvalue weighted by Crippen LogP contribution is -2.26. The summed E-state index contributed by atoms with van der Waals surface area (Å²) in [6.07, 6.45) is 7.02. The number of carboxylic acids is 1. The first kappa shape index (κ1) is 26.1. The lowest BCUT2D eigenvalue weighted by atomic mass is 9.67. The molecule has 0 heterocycles. The highest BCUT2D eigenvalue weighted by atomic mass is 79.9. The molecule has 0 aliphatic heterocycles. The number of aliphatic carboxylic acids is 1. The van der Waals surface area contributed by atoms with Crippen LogP contribution in [0.5, 0.6) is 5.75 Å². The Morgan fingerprint density at radius 3 is 2.44 bits per heavy atom. The summed E-state index contributed by atoms with van der Waals surface area (Å²) in [7, 11) is 0. The molecule has 0 unspecified atom stereocenters. The Labute approximate surface area is 199 Å². The second-order valence-corrected chi connectivity index (χ2v) is 10.7. The van der Waals surface area contributed by atoms with Crippen molar-refractivity contribution in [2.45, 2.75) is 67.2 Å². The van der Waals surface area contributed by atoms with Gasteiger partial charge in [0, 0.05) is 11.6 Å². The van der Waals surface area contributed by atoms with Gasteiger partial charge >= 0.3 is 5.97 Å². The molecule has 5 heteroatoms. The highest BCUT2D eigenvalue weighted by Crippen LogP contribution is 2.52. The Morgan fingerprint density at radius 2 is 1.91 bits per heavy atom. The van der Waals surface area contributed by atoms with Crippen LogP contribution < -0.4 is 4.74 Å². The smallest absolute Gasteiger partial charge is 0.328 e. The maximum absolute atomic E-state index is 15.2.